The minimum absolute atomic E-state index is 0.0764. The molecule has 1 atom stereocenters. The second kappa shape index (κ2) is 6.49. The van der Waals surface area contributed by atoms with Crippen LogP contribution in [0.15, 0.2) is 0 Å². The summed E-state index contributed by atoms with van der Waals surface area (Å²) >= 11 is 5.58. The highest BCUT2D eigenvalue weighted by Gasteiger charge is 2.40. The lowest BCUT2D eigenvalue weighted by atomic mass is 10.0. The number of rotatable bonds is 5. The van der Waals surface area contributed by atoms with E-state index in [1.165, 1.54) is 0 Å². The van der Waals surface area contributed by atoms with Crippen molar-refractivity contribution in [1.29, 1.82) is 0 Å². The Morgan fingerprint density at radius 3 is 2.50 bits per heavy atom. The monoisotopic (exact) mass is 281 g/mol. The zero-order valence-electron chi connectivity index (χ0n) is 10.7. The Labute approximate surface area is 113 Å². The first kappa shape index (κ1) is 14.5. The Balaban J connectivity index is 1.65. The average molecular weight is 282 g/mol. The van der Waals surface area contributed by atoms with Crippen LogP contribution >= 0.6 is 11.6 Å². The summed E-state index contributed by atoms with van der Waals surface area (Å²) in [5.41, 5.74) is 0. The van der Waals surface area contributed by atoms with Gasteiger partial charge in [0.15, 0.2) is 0 Å². The van der Waals surface area contributed by atoms with Crippen molar-refractivity contribution in [1.82, 2.24) is 4.90 Å². The fraction of sp³-hybridized carbons (Fsp3) is 1.00. The summed E-state index contributed by atoms with van der Waals surface area (Å²) in [6, 6.07) is 0. The molecule has 2 rings (SSSR count). The molecule has 0 radical (unpaired) electrons. The molecule has 1 aliphatic heterocycles. The Bertz CT molecular complexity index is 257. The molecule has 0 N–H and O–H groups in total. The standard InChI is InChI=1S/C13H22ClF2NO/c14-5-8-18-12-2-6-17(7-3-12)10-11-1-4-13(15,16)9-11/h11-12H,1-10H2. The van der Waals surface area contributed by atoms with E-state index in [1.807, 2.05) is 0 Å². The van der Waals surface area contributed by atoms with Crippen LogP contribution in [-0.2, 0) is 4.74 Å². The predicted molar refractivity (Wildman–Crippen MR) is 68.4 cm³/mol. The topological polar surface area (TPSA) is 12.5 Å². The molecule has 1 saturated carbocycles. The maximum absolute atomic E-state index is 13.1. The average Bonchev–Trinajstić information content (AvgIpc) is 2.68. The number of ether oxygens (including phenoxy) is 1. The third kappa shape index (κ3) is 4.32. The maximum atomic E-state index is 13.1. The summed E-state index contributed by atoms with van der Waals surface area (Å²) < 4.78 is 31.8. The van der Waals surface area contributed by atoms with Crippen LogP contribution in [0.2, 0.25) is 0 Å². The number of likely N-dealkylation sites (tertiary alicyclic amines) is 1. The first-order chi connectivity index (χ1) is 8.59. The van der Waals surface area contributed by atoms with Gasteiger partial charge in [0.1, 0.15) is 0 Å². The van der Waals surface area contributed by atoms with Crippen LogP contribution in [-0.4, -0.2) is 49.0 Å². The van der Waals surface area contributed by atoms with E-state index in [9.17, 15) is 8.78 Å². The van der Waals surface area contributed by atoms with Crippen LogP contribution in [0.1, 0.15) is 32.1 Å². The van der Waals surface area contributed by atoms with E-state index in [4.69, 9.17) is 16.3 Å². The lowest BCUT2D eigenvalue weighted by Gasteiger charge is -2.33. The SMILES string of the molecule is FC1(F)CCC(CN2CCC(OCCCl)CC2)C1. The van der Waals surface area contributed by atoms with Gasteiger partial charge in [-0.15, -0.1) is 11.6 Å². The Hall–Kier alpha value is 0.0700. The van der Waals surface area contributed by atoms with Crippen LogP contribution in [0, 0.1) is 5.92 Å². The molecule has 0 aromatic heterocycles. The highest BCUT2D eigenvalue weighted by Crippen LogP contribution is 2.39. The summed E-state index contributed by atoms with van der Waals surface area (Å²) in [5.74, 6) is -1.69. The maximum Gasteiger partial charge on any atom is 0.248 e. The smallest absolute Gasteiger partial charge is 0.248 e. The lowest BCUT2D eigenvalue weighted by molar-refractivity contribution is -0.00304. The molecule has 1 aliphatic carbocycles. The van der Waals surface area contributed by atoms with Crippen molar-refractivity contribution in [2.45, 2.75) is 44.1 Å². The zero-order chi connectivity index (χ0) is 13.0. The van der Waals surface area contributed by atoms with E-state index in [0.29, 0.717) is 25.0 Å². The summed E-state index contributed by atoms with van der Waals surface area (Å²) in [7, 11) is 0. The zero-order valence-corrected chi connectivity index (χ0v) is 11.5. The van der Waals surface area contributed by atoms with Crippen molar-refractivity contribution in [3.8, 4) is 0 Å². The number of hydrogen-bond donors (Lipinski definition) is 0. The second-order valence-electron chi connectivity index (χ2n) is 5.52. The molecule has 0 aromatic carbocycles. The van der Waals surface area contributed by atoms with Gasteiger partial charge in [0.2, 0.25) is 5.92 Å². The van der Waals surface area contributed by atoms with Gasteiger partial charge in [0.25, 0.3) is 0 Å². The van der Waals surface area contributed by atoms with Crippen molar-refractivity contribution in [3.63, 3.8) is 0 Å². The Morgan fingerprint density at radius 2 is 1.94 bits per heavy atom. The Morgan fingerprint density at radius 1 is 1.22 bits per heavy atom. The van der Waals surface area contributed by atoms with Crippen LogP contribution < -0.4 is 0 Å². The van der Waals surface area contributed by atoms with Gasteiger partial charge in [-0.2, -0.15) is 0 Å². The Kier molecular flexibility index (Phi) is 5.22. The fourth-order valence-corrected chi connectivity index (χ4v) is 3.12. The van der Waals surface area contributed by atoms with Gasteiger partial charge < -0.3 is 9.64 Å². The van der Waals surface area contributed by atoms with Gasteiger partial charge in [0.05, 0.1) is 12.7 Å². The molecule has 0 bridgehead atoms. The van der Waals surface area contributed by atoms with Gasteiger partial charge >= 0.3 is 0 Å². The van der Waals surface area contributed by atoms with Crippen molar-refractivity contribution in [2.24, 2.45) is 5.92 Å². The normalized spacial score (nSPS) is 29.8. The molecule has 2 nitrogen and oxygen atoms in total. The van der Waals surface area contributed by atoms with Crippen molar-refractivity contribution < 1.29 is 13.5 Å². The molecule has 18 heavy (non-hydrogen) atoms. The molecule has 2 fully saturated rings. The van der Waals surface area contributed by atoms with E-state index >= 15 is 0 Å². The third-order valence-electron chi connectivity index (χ3n) is 3.99. The lowest BCUT2D eigenvalue weighted by Crippen LogP contribution is -2.39. The van der Waals surface area contributed by atoms with Gasteiger partial charge in [0, 0.05) is 38.4 Å². The van der Waals surface area contributed by atoms with Gasteiger partial charge in [-0.3, -0.25) is 0 Å². The quantitative estimate of drug-likeness (QED) is 0.718. The second-order valence-corrected chi connectivity index (χ2v) is 5.90. The minimum atomic E-state index is -2.41. The third-order valence-corrected chi connectivity index (χ3v) is 4.14. The van der Waals surface area contributed by atoms with Crippen LogP contribution in [0.5, 0.6) is 0 Å². The largest absolute Gasteiger partial charge is 0.377 e. The summed E-state index contributed by atoms with van der Waals surface area (Å²) in [6.45, 7) is 3.38. The molecule has 0 spiro atoms. The van der Waals surface area contributed by atoms with E-state index in [-0.39, 0.29) is 18.8 Å². The number of halogens is 3. The molecular weight excluding hydrogens is 260 g/mol. The van der Waals surface area contributed by atoms with E-state index < -0.39 is 5.92 Å². The van der Waals surface area contributed by atoms with Crippen molar-refractivity contribution in [2.75, 3.05) is 32.1 Å². The van der Waals surface area contributed by atoms with Crippen molar-refractivity contribution >= 4 is 11.6 Å². The molecule has 5 heteroatoms. The highest BCUT2D eigenvalue weighted by molar-refractivity contribution is 6.17. The molecular formula is C13H22ClF2NO. The van der Waals surface area contributed by atoms with E-state index in [0.717, 1.165) is 32.5 Å². The number of nitrogens with zero attached hydrogens (tertiary/aromatic N) is 1. The van der Waals surface area contributed by atoms with Gasteiger partial charge in [-0.05, 0) is 25.2 Å². The molecule has 1 saturated heterocycles. The first-order valence-electron chi connectivity index (χ1n) is 6.87. The first-order valence-corrected chi connectivity index (χ1v) is 7.40. The molecule has 1 heterocycles. The van der Waals surface area contributed by atoms with Crippen LogP contribution in [0.4, 0.5) is 8.78 Å². The molecule has 0 amide bonds. The number of piperidine rings is 1. The van der Waals surface area contributed by atoms with Crippen LogP contribution in [0.3, 0.4) is 0 Å². The van der Waals surface area contributed by atoms with Gasteiger partial charge in [-0.1, -0.05) is 0 Å². The number of hydrogen-bond acceptors (Lipinski definition) is 2. The number of alkyl halides is 3. The minimum Gasteiger partial charge on any atom is -0.377 e. The highest BCUT2D eigenvalue weighted by atomic mass is 35.5. The molecule has 0 aromatic rings. The molecule has 106 valence electrons. The molecule has 1 unspecified atom stereocenters. The predicted octanol–water partition coefficient (Wildman–Crippen LogP) is 3.14. The fourth-order valence-electron chi connectivity index (χ4n) is 3.03. The van der Waals surface area contributed by atoms with Crippen LogP contribution in [0.25, 0.3) is 0 Å². The van der Waals surface area contributed by atoms with Crippen molar-refractivity contribution in [3.05, 3.63) is 0 Å². The summed E-state index contributed by atoms with van der Waals surface area (Å²) in [4.78, 5) is 2.31. The summed E-state index contributed by atoms with van der Waals surface area (Å²) in [6.07, 6.45) is 3.14. The van der Waals surface area contributed by atoms with E-state index in [1.54, 1.807) is 0 Å². The summed E-state index contributed by atoms with van der Waals surface area (Å²) in [5, 5.41) is 0. The molecule has 2 aliphatic rings. The van der Waals surface area contributed by atoms with E-state index in [2.05, 4.69) is 4.90 Å². The van der Waals surface area contributed by atoms with Gasteiger partial charge in [-0.25, -0.2) is 8.78 Å².